The predicted octanol–water partition coefficient (Wildman–Crippen LogP) is 5.73. The van der Waals surface area contributed by atoms with E-state index in [9.17, 15) is 0 Å². The summed E-state index contributed by atoms with van der Waals surface area (Å²) < 4.78 is 5.07. The number of hydrogen-bond acceptors (Lipinski definition) is 5. The van der Waals surface area contributed by atoms with Gasteiger partial charge in [-0.05, 0) is 120 Å². The summed E-state index contributed by atoms with van der Waals surface area (Å²) in [4.78, 5) is 0. The summed E-state index contributed by atoms with van der Waals surface area (Å²) in [6.07, 6.45) is 18.3. The van der Waals surface area contributed by atoms with Crippen LogP contribution in [0.3, 0.4) is 0 Å². The van der Waals surface area contributed by atoms with E-state index in [-0.39, 0.29) is 0 Å². The number of rotatable bonds is 0. The fourth-order valence-electron chi connectivity index (χ4n) is 3.31. The Hall–Kier alpha value is 0.580. The van der Waals surface area contributed by atoms with Crippen molar-refractivity contribution in [2.24, 2.45) is 0 Å². The summed E-state index contributed by atoms with van der Waals surface area (Å²) in [7, 11) is 0. The topological polar surface area (TPSA) is 33.3 Å². The first-order valence-electron chi connectivity index (χ1n) is 12.1. The van der Waals surface area contributed by atoms with Crippen LogP contribution in [-0.2, 0) is 4.74 Å². The van der Waals surface area contributed by atoms with Crippen molar-refractivity contribution < 1.29 is 4.74 Å². The highest BCUT2D eigenvalue weighted by Crippen LogP contribution is 2.15. The summed E-state index contributed by atoms with van der Waals surface area (Å²) >= 11 is 4.17. The molecule has 2 N–H and O–H groups in total. The summed E-state index contributed by atoms with van der Waals surface area (Å²) in [5.74, 6) is 5.67. The lowest BCUT2D eigenvalue weighted by Gasteiger charge is -2.08. The van der Waals surface area contributed by atoms with Crippen molar-refractivity contribution in [3.63, 3.8) is 0 Å². The van der Waals surface area contributed by atoms with Crippen LogP contribution in [0.2, 0.25) is 0 Å². The van der Waals surface area contributed by atoms with Crippen LogP contribution in [-0.4, -0.2) is 62.4 Å². The summed E-state index contributed by atoms with van der Waals surface area (Å²) in [6.45, 7) is 7.00. The minimum absolute atomic E-state index is 1.00. The minimum Gasteiger partial charge on any atom is -0.381 e. The predicted molar refractivity (Wildman–Crippen MR) is 131 cm³/mol. The Kier molecular flexibility index (Phi) is 22.7. The molecule has 5 saturated heterocycles. The number of hydrogen-bond donors (Lipinski definition) is 2. The van der Waals surface area contributed by atoms with Gasteiger partial charge in [0.05, 0.1) is 0 Å². The van der Waals surface area contributed by atoms with Crippen molar-refractivity contribution in [1.29, 1.82) is 0 Å². The molecule has 0 saturated carbocycles. The van der Waals surface area contributed by atoms with Gasteiger partial charge in [0.25, 0.3) is 0 Å². The molecule has 3 nitrogen and oxygen atoms in total. The van der Waals surface area contributed by atoms with Gasteiger partial charge in [-0.25, -0.2) is 0 Å². The van der Waals surface area contributed by atoms with Crippen molar-refractivity contribution in [2.75, 3.05) is 62.4 Å². The zero-order chi connectivity index (χ0) is 19.8. The van der Waals surface area contributed by atoms with Gasteiger partial charge in [-0.15, -0.1) is 0 Å². The highest BCUT2D eigenvalue weighted by Gasteiger charge is 1.97. The van der Waals surface area contributed by atoms with Gasteiger partial charge in [-0.1, -0.05) is 12.8 Å². The highest BCUT2D eigenvalue weighted by atomic mass is 32.2. The molecule has 0 bridgehead atoms. The Morgan fingerprint density at radius 1 is 0.393 bits per heavy atom. The molecular formula is C23H48N2OS2. The second kappa shape index (κ2) is 23.9. The normalized spacial score (nSPS) is 24.0. The molecule has 5 heterocycles. The lowest BCUT2D eigenvalue weighted by Crippen LogP contribution is -2.21. The number of ether oxygens (including phenoxy) is 1. The zero-order valence-electron chi connectivity index (χ0n) is 18.5. The Morgan fingerprint density at radius 2 is 0.750 bits per heavy atom. The Balaban J connectivity index is 0.000000175. The first kappa shape index (κ1) is 26.6. The van der Waals surface area contributed by atoms with E-state index in [0.29, 0.717) is 0 Å². The van der Waals surface area contributed by atoms with Crippen LogP contribution in [0, 0.1) is 0 Å². The fraction of sp³-hybridized carbons (Fsp3) is 1.00. The Morgan fingerprint density at radius 3 is 0.929 bits per heavy atom. The van der Waals surface area contributed by atoms with E-state index in [1.807, 2.05) is 0 Å². The molecule has 0 atom stereocenters. The minimum atomic E-state index is 1.00. The SMILES string of the molecule is C1CCNC1.C1CCNCC1.C1CCOCC1.C1CCSC1.C1CCSCC1. The molecule has 28 heavy (non-hydrogen) atoms. The van der Waals surface area contributed by atoms with Crippen molar-refractivity contribution in [3.05, 3.63) is 0 Å². The van der Waals surface area contributed by atoms with E-state index in [0.717, 1.165) is 13.2 Å². The Bertz CT molecular complexity index is 187. The van der Waals surface area contributed by atoms with Crippen LogP contribution in [0.5, 0.6) is 0 Å². The van der Waals surface area contributed by atoms with Crippen LogP contribution in [0.4, 0.5) is 0 Å². The van der Waals surface area contributed by atoms with E-state index < -0.39 is 0 Å². The van der Waals surface area contributed by atoms with E-state index in [4.69, 9.17) is 4.74 Å². The van der Waals surface area contributed by atoms with E-state index in [1.54, 1.807) is 0 Å². The molecule has 0 aromatic heterocycles. The third-order valence-corrected chi connectivity index (χ3v) is 7.46. The van der Waals surface area contributed by atoms with Crippen LogP contribution in [0.15, 0.2) is 0 Å². The fourth-order valence-corrected chi connectivity index (χ4v) is 5.35. The smallest absolute Gasteiger partial charge is 0.0466 e. The number of piperidine rings is 1. The monoisotopic (exact) mass is 432 g/mol. The molecule has 5 rings (SSSR count). The maximum Gasteiger partial charge on any atom is 0.0466 e. The van der Waals surface area contributed by atoms with E-state index in [2.05, 4.69) is 34.2 Å². The standard InChI is InChI=1S/C5H11N.C5H10O.C5H10S.C4H9N.C4H8S/c3*1-2-4-6-5-3-1;2*1-2-4-5-3-1/h6H,1-5H2;2*1-5H2;5H,1-4H2;1-4H2. The maximum atomic E-state index is 5.07. The summed E-state index contributed by atoms with van der Waals surface area (Å²) in [5.41, 5.74) is 0. The van der Waals surface area contributed by atoms with Crippen molar-refractivity contribution in [3.8, 4) is 0 Å². The summed E-state index contributed by atoms with van der Waals surface area (Å²) in [5, 5.41) is 6.51. The van der Waals surface area contributed by atoms with Gasteiger partial charge in [-0.3, -0.25) is 0 Å². The second-order valence-corrected chi connectivity index (χ2v) is 10.4. The van der Waals surface area contributed by atoms with Gasteiger partial charge in [0.1, 0.15) is 0 Å². The molecule has 0 unspecified atom stereocenters. The lowest BCUT2D eigenvalue weighted by atomic mass is 10.2. The van der Waals surface area contributed by atoms with Gasteiger partial charge in [0, 0.05) is 13.2 Å². The molecule has 0 amide bonds. The number of thioether (sulfide) groups is 2. The maximum absolute atomic E-state index is 5.07. The van der Waals surface area contributed by atoms with Crippen molar-refractivity contribution in [1.82, 2.24) is 10.6 Å². The number of nitrogens with one attached hydrogen (secondary N) is 2. The second-order valence-electron chi connectivity index (χ2n) is 7.93. The first-order valence-corrected chi connectivity index (χ1v) is 14.5. The van der Waals surface area contributed by atoms with Gasteiger partial charge in [0.15, 0.2) is 0 Å². The van der Waals surface area contributed by atoms with Gasteiger partial charge < -0.3 is 15.4 Å². The molecule has 0 aliphatic carbocycles. The summed E-state index contributed by atoms with van der Waals surface area (Å²) in [6, 6.07) is 0. The molecule has 0 aromatic rings. The molecule has 5 heteroatoms. The van der Waals surface area contributed by atoms with Gasteiger partial charge >= 0.3 is 0 Å². The molecule has 5 fully saturated rings. The van der Waals surface area contributed by atoms with Crippen LogP contribution < -0.4 is 10.6 Å². The average Bonchev–Trinajstić information content (AvgIpc) is 3.58. The highest BCUT2D eigenvalue weighted by molar-refractivity contribution is 7.99. The third kappa shape index (κ3) is 21.3. The molecule has 5 aliphatic heterocycles. The molecule has 5 aliphatic rings. The Labute approximate surface area is 184 Å². The quantitative estimate of drug-likeness (QED) is 0.510. The average molecular weight is 433 g/mol. The van der Waals surface area contributed by atoms with E-state index >= 15 is 0 Å². The molecule has 0 radical (unpaired) electrons. The van der Waals surface area contributed by atoms with Crippen LogP contribution >= 0.6 is 23.5 Å². The first-order chi connectivity index (χ1) is 14.0. The third-order valence-electron chi connectivity index (χ3n) is 5.15. The lowest BCUT2D eigenvalue weighted by molar-refractivity contribution is 0.0968. The molecule has 0 aromatic carbocycles. The molecule has 168 valence electrons. The van der Waals surface area contributed by atoms with Crippen molar-refractivity contribution in [2.45, 2.75) is 83.5 Å². The van der Waals surface area contributed by atoms with Gasteiger partial charge in [0.2, 0.25) is 0 Å². The molecular weight excluding hydrogens is 384 g/mol. The van der Waals surface area contributed by atoms with Gasteiger partial charge in [-0.2, -0.15) is 23.5 Å². The largest absolute Gasteiger partial charge is 0.381 e. The molecule has 0 spiro atoms. The van der Waals surface area contributed by atoms with Crippen LogP contribution in [0.25, 0.3) is 0 Å². The van der Waals surface area contributed by atoms with E-state index in [1.165, 1.54) is 133 Å². The van der Waals surface area contributed by atoms with Crippen molar-refractivity contribution >= 4 is 23.5 Å². The zero-order valence-corrected chi connectivity index (χ0v) is 20.1. The van der Waals surface area contributed by atoms with Crippen LogP contribution in [0.1, 0.15) is 83.5 Å².